The number of aliphatic hydroxyl groups excluding tert-OH is 1. The zero-order valence-corrected chi connectivity index (χ0v) is 13.2. The molecule has 1 heterocycles. The maximum Gasteiger partial charge on any atom is 0.261 e. The van der Waals surface area contributed by atoms with Gasteiger partial charge in [-0.3, -0.25) is 14.5 Å². The summed E-state index contributed by atoms with van der Waals surface area (Å²) in [5.41, 5.74) is 0.728. The molecule has 2 amide bonds. The van der Waals surface area contributed by atoms with Gasteiger partial charge in [0.1, 0.15) is 0 Å². The Balaban J connectivity index is 2.20. The standard InChI is InChI=1S/C15H18BrNO3/c1-15(2,6-3-7-18)9-17-13(19)11-5-4-10(16)8-12(11)14(17)20/h4-5,8,18H,3,6-7,9H2,1-2H3. The van der Waals surface area contributed by atoms with Gasteiger partial charge in [0.05, 0.1) is 11.1 Å². The van der Waals surface area contributed by atoms with Crippen molar-refractivity contribution in [2.45, 2.75) is 26.7 Å². The van der Waals surface area contributed by atoms with Gasteiger partial charge in [-0.2, -0.15) is 0 Å². The molecule has 0 spiro atoms. The van der Waals surface area contributed by atoms with Gasteiger partial charge in [-0.05, 0) is 36.5 Å². The van der Waals surface area contributed by atoms with Crippen LogP contribution in [0.1, 0.15) is 47.4 Å². The molecule has 1 aliphatic rings. The molecule has 0 saturated carbocycles. The second kappa shape index (κ2) is 5.66. The number of carbonyl (C=O) groups is 2. The van der Waals surface area contributed by atoms with Crippen LogP contribution in [0.3, 0.4) is 0 Å². The number of nitrogens with zero attached hydrogens (tertiary/aromatic N) is 1. The Hall–Kier alpha value is -1.20. The number of hydrogen-bond donors (Lipinski definition) is 1. The van der Waals surface area contributed by atoms with Crippen molar-refractivity contribution in [2.75, 3.05) is 13.2 Å². The van der Waals surface area contributed by atoms with Gasteiger partial charge in [-0.15, -0.1) is 0 Å². The van der Waals surface area contributed by atoms with Crippen LogP contribution < -0.4 is 0 Å². The van der Waals surface area contributed by atoms with E-state index in [0.717, 1.165) is 10.9 Å². The molecule has 5 heteroatoms. The molecule has 0 atom stereocenters. The number of hydrogen-bond acceptors (Lipinski definition) is 3. The Morgan fingerprint density at radius 2 is 1.85 bits per heavy atom. The molecular formula is C15H18BrNO3. The van der Waals surface area contributed by atoms with Crippen molar-refractivity contribution >= 4 is 27.7 Å². The van der Waals surface area contributed by atoms with Gasteiger partial charge in [0.2, 0.25) is 0 Å². The highest BCUT2D eigenvalue weighted by Crippen LogP contribution is 2.31. The topological polar surface area (TPSA) is 57.6 Å². The molecular weight excluding hydrogens is 322 g/mol. The summed E-state index contributed by atoms with van der Waals surface area (Å²) in [5.74, 6) is -0.460. The molecule has 4 nitrogen and oxygen atoms in total. The summed E-state index contributed by atoms with van der Waals surface area (Å²) in [6, 6.07) is 5.14. The van der Waals surface area contributed by atoms with E-state index in [4.69, 9.17) is 5.11 Å². The first-order valence-electron chi connectivity index (χ1n) is 6.62. The number of benzene rings is 1. The van der Waals surface area contributed by atoms with Crippen LogP contribution in [0, 0.1) is 5.41 Å². The maximum atomic E-state index is 12.3. The molecule has 0 aromatic heterocycles. The molecule has 1 aromatic rings. The lowest BCUT2D eigenvalue weighted by Crippen LogP contribution is -2.38. The third-order valence-electron chi connectivity index (χ3n) is 3.53. The Morgan fingerprint density at radius 3 is 2.50 bits per heavy atom. The molecule has 108 valence electrons. The summed E-state index contributed by atoms with van der Waals surface area (Å²) in [5, 5.41) is 8.91. The fraction of sp³-hybridized carbons (Fsp3) is 0.467. The minimum atomic E-state index is -0.233. The molecule has 0 bridgehead atoms. The molecule has 0 unspecified atom stereocenters. The molecule has 0 radical (unpaired) electrons. The van der Waals surface area contributed by atoms with E-state index in [1.807, 2.05) is 13.8 Å². The van der Waals surface area contributed by atoms with E-state index in [-0.39, 0.29) is 23.8 Å². The monoisotopic (exact) mass is 339 g/mol. The summed E-state index contributed by atoms with van der Waals surface area (Å²) in [6.45, 7) is 4.50. The summed E-state index contributed by atoms with van der Waals surface area (Å²) in [6.07, 6.45) is 1.43. The predicted octanol–water partition coefficient (Wildman–Crippen LogP) is 2.84. The molecule has 2 rings (SSSR count). The van der Waals surface area contributed by atoms with Crippen molar-refractivity contribution in [3.8, 4) is 0 Å². The Kier molecular flexibility index (Phi) is 4.30. The van der Waals surface area contributed by atoms with Crippen molar-refractivity contribution < 1.29 is 14.7 Å². The molecule has 1 aliphatic heterocycles. The van der Waals surface area contributed by atoms with Crippen LogP contribution >= 0.6 is 15.9 Å². The van der Waals surface area contributed by atoms with Crippen molar-refractivity contribution in [2.24, 2.45) is 5.41 Å². The van der Waals surface area contributed by atoms with E-state index in [2.05, 4.69) is 15.9 Å². The van der Waals surface area contributed by atoms with E-state index in [1.165, 1.54) is 4.90 Å². The van der Waals surface area contributed by atoms with Crippen LogP contribution in [0.2, 0.25) is 0 Å². The molecule has 1 N–H and O–H groups in total. The van der Waals surface area contributed by atoms with Crippen molar-refractivity contribution in [1.82, 2.24) is 4.90 Å². The number of fused-ring (bicyclic) bond motifs is 1. The summed E-state index contributed by atoms with van der Waals surface area (Å²) in [7, 11) is 0. The van der Waals surface area contributed by atoms with Crippen molar-refractivity contribution in [1.29, 1.82) is 0 Å². The Labute approximate surface area is 126 Å². The highest BCUT2D eigenvalue weighted by molar-refractivity contribution is 9.10. The van der Waals surface area contributed by atoms with Crippen molar-refractivity contribution in [3.63, 3.8) is 0 Å². The van der Waals surface area contributed by atoms with Crippen LogP contribution in [-0.4, -0.2) is 35.0 Å². The minimum absolute atomic E-state index is 0.124. The van der Waals surface area contributed by atoms with E-state index in [1.54, 1.807) is 18.2 Å². The van der Waals surface area contributed by atoms with Gasteiger partial charge in [0.15, 0.2) is 0 Å². The quantitative estimate of drug-likeness (QED) is 0.839. The molecule has 20 heavy (non-hydrogen) atoms. The minimum Gasteiger partial charge on any atom is -0.396 e. The first-order valence-corrected chi connectivity index (χ1v) is 7.42. The highest BCUT2D eigenvalue weighted by atomic mass is 79.9. The maximum absolute atomic E-state index is 12.3. The van der Waals surface area contributed by atoms with Gasteiger partial charge in [-0.1, -0.05) is 29.8 Å². The van der Waals surface area contributed by atoms with Crippen molar-refractivity contribution in [3.05, 3.63) is 33.8 Å². The van der Waals surface area contributed by atoms with Crippen LogP contribution in [0.15, 0.2) is 22.7 Å². The number of halogens is 1. The lowest BCUT2D eigenvalue weighted by molar-refractivity contribution is 0.0579. The van der Waals surface area contributed by atoms with Gasteiger partial charge in [-0.25, -0.2) is 0 Å². The summed E-state index contributed by atoms with van der Waals surface area (Å²) in [4.78, 5) is 26.0. The average molecular weight is 340 g/mol. The number of rotatable bonds is 5. The summed E-state index contributed by atoms with van der Waals surface area (Å²) >= 11 is 3.32. The van der Waals surface area contributed by atoms with Crippen LogP contribution in [0.5, 0.6) is 0 Å². The predicted molar refractivity (Wildman–Crippen MR) is 79.6 cm³/mol. The van der Waals surface area contributed by atoms with Gasteiger partial charge in [0.25, 0.3) is 11.8 Å². The van der Waals surface area contributed by atoms with Gasteiger partial charge >= 0.3 is 0 Å². The number of amides is 2. The van der Waals surface area contributed by atoms with E-state index < -0.39 is 0 Å². The second-order valence-electron chi connectivity index (χ2n) is 5.88. The fourth-order valence-electron chi connectivity index (χ4n) is 2.47. The van der Waals surface area contributed by atoms with Crippen LogP contribution in [-0.2, 0) is 0 Å². The van der Waals surface area contributed by atoms with E-state index in [0.29, 0.717) is 24.1 Å². The third kappa shape index (κ3) is 2.94. The SMILES string of the molecule is CC(C)(CCCO)CN1C(=O)c2ccc(Br)cc2C1=O. The lowest BCUT2D eigenvalue weighted by Gasteiger charge is -2.28. The molecule has 0 saturated heterocycles. The highest BCUT2D eigenvalue weighted by Gasteiger charge is 2.38. The van der Waals surface area contributed by atoms with Crippen LogP contribution in [0.25, 0.3) is 0 Å². The van der Waals surface area contributed by atoms with E-state index in [9.17, 15) is 9.59 Å². The van der Waals surface area contributed by atoms with Gasteiger partial charge in [0, 0.05) is 17.6 Å². The average Bonchev–Trinajstić information content (AvgIpc) is 2.61. The van der Waals surface area contributed by atoms with Crippen LogP contribution in [0.4, 0.5) is 0 Å². The second-order valence-corrected chi connectivity index (χ2v) is 6.79. The Bertz CT molecular complexity index is 554. The summed E-state index contributed by atoms with van der Waals surface area (Å²) < 4.78 is 0.791. The Morgan fingerprint density at radius 1 is 1.20 bits per heavy atom. The zero-order valence-electron chi connectivity index (χ0n) is 11.6. The number of aliphatic hydroxyl groups is 1. The molecule has 1 aromatic carbocycles. The normalized spacial score (nSPS) is 14.9. The largest absolute Gasteiger partial charge is 0.396 e. The number of imide groups is 1. The van der Waals surface area contributed by atoms with E-state index >= 15 is 0 Å². The smallest absolute Gasteiger partial charge is 0.261 e. The fourth-order valence-corrected chi connectivity index (χ4v) is 2.83. The lowest BCUT2D eigenvalue weighted by atomic mass is 9.87. The third-order valence-corrected chi connectivity index (χ3v) is 4.02. The molecule has 0 aliphatic carbocycles. The van der Waals surface area contributed by atoms with Gasteiger partial charge < -0.3 is 5.11 Å². The first kappa shape index (κ1) is 15.2. The molecule has 0 fully saturated rings. The number of carbonyl (C=O) groups excluding carboxylic acids is 2. The first-order chi connectivity index (χ1) is 9.35. The zero-order chi connectivity index (χ0) is 14.9.